The molecule has 1 heterocycles. The molecule has 0 aliphatic heterocycles. The van der Waals surface area contributed by atoms with Gasteiger partial charge in [-0.3, -0.25) is 0 Å². The number of benzene rings is 9. The third-order valence-corrected chi connectivity index (χ3v) is 13.3. The van der Waals surface area contributed by atoms with Crippen LogP contribution in [-0.4, -0.2) is 0 Å². The molecule has 1 aliphatic carbocycles. The van der Waals surface area contributed by atoms with Crippen molar-refractivity contribution in [2.45, 2.75) is 19.3 Å². The minimum Gasteiger partial charge on any atom is -0.310 e. The monoisotopic (exact) mass is 745 g/mol. The van der Waals surface area contributed by atoms with E-state index in [1.165, 1.54) is 86.6 Å². The Bertz CT molecular complexity index is 3090. The van der Waals surface area contributed by atoms with Crippen LogP contribution in [0.2, 0.25) is 0 Å². The molecule has 270 valence electrons. The minimum atomic E-state index is -0.0989. The molecule has 11 rings (SSSR count). The SMILES string of the molecule is CC1(C)c2ccccc2-c2ccc(N(c3ccc(-c4ccc(-c5ccccc5)s4)cc3)c3ccc(-c4cccc5c6ccccc6c6ccccc6c45)cc3)cc21. The first-order chi connectivity index (χ1) is 28.0. The first-order valence-corrected chi connectivity index (χ1v) is 20.6. The zero-order valence-corrected chi connectivity index (χ0v) is 32.7. The lowest BCUT2D eigenvalue weighted by molar-refractivity contribution is 0.660. The van der Waals surface area contributed by atoms with Gasteiger partial charge in [-0.2, -0.15) is 0 Å². The lowest BCUT2D eigenvalue weighted by atomic mass is 9.82. The van der Waals surface area contributed by atoms with Gasteiger partial charge in [0.1, 0.15) is 0 Å². The second-order valence-electron chi connectivity index (χ2n) is 15.7. The number of hydrogen-bond acceptors (Lipinski definition) is 2. The Morgan fingerprint density at radius 1 is 0.351 bits per heavy atom. The van der Waals surface area contributed by atoms with Crippen LogP contribution in [0.1, 0.15) is 25.0 Å². The Hall–Kier alpha value is -6.74. The number of thiophene rings is 1. The molecule has 0 radical (unpaired) electrons. The van der Waals surface area contributed by atoms with Crippen LogP contribution in [-0.2, 0) is 5.41 Å². The summed E-state index contributed by atoms with van der Waals surface area (Å²) in [6, 6.07) is 73.8. The highest BCUT2D eigenvalue weighted by atomic mass is 32.1. The molecule has 0 saturated carbocycles. The highest BCUT2D eigenvalue weighted by Crippen LogP contribution is 2.51. The lowest BCUT2D eigenvalue weighted by Gasteiger charge is -2.28. The van der Waals surface area contributed by atoms with E-state index < -0.39 is 0 Å². The van der Waals surface area contributed by atoms with E-state index >= 15 is 0 Å². The molecule has 0 fully saturated rings. The summed E-state index contributed by atoms with van der Waals surface area (Å²) in [4.78, 5) is 4.97. The summed E-state index contributed by atoms with van der Waals surface area (Å²) in [5.74, 6) is 0. The van der Waals surface area contributed by atoms with Gasteiger partial charge in [-0.25, -0.2) is 0 Å². The molecule has 0 amide bonds. The van der Waals surface area contributed by atoms with Gasteiger partial charge >= 0.3 is 0 Å². The zero-order valence-electron chi connectivity index (χ0n) is 31.9. The molecular weight excluding hydrogens is 707 g/mol. The van der Waals surface area contributed by atoms with E-state index in [-0.39, 0.29) is 5.41 Å². The van der Waals surface area contributed by atoms with Crippen molar-refractivity contribution in [2.75, 3.05) is 4.90 Å². The fourth-order valence-corrected chi connectivity index (χ4v) is 10.3. The van der Waals surface area contributed by atoms with Crippen LogP contribution in [0, 0.1) is 0 Å². The standard InChI is InChI=1S/C55H39NS/c1-55(2)50-22-11-10-18-46(50)47-32-31-41(35-51(47)55)56(40-29-25-38(26-30-40)53-34-33-52(57-53)37-13-4-3-5-14-37)39-27-23-36(24-28-39)42-20-12-21-49-45-16-7-6-15-43(45)44-17-8-9-19-48(44)54(42)49/h3-35H,1-2H3. The first-order valence-electron chi connectivity index (χ1n) is 19.8. The molecule has 10 aromatic rings. The minimum absolute atomic E-state index is 0.0989. The number of anilines is 3. The predicted octanol–water partition coefficient (Wildman–Crippen LogP) is 16.0. The summed E-state index contributed by atoms with van der Waals surface area (Å²) in [7, 11) is 0. The van der Waals surface area contributed by atoms with E-state index in [1.807, 2.05) is 11.3 Å². The van der Waals surface area contributed by atoms with Gasteiger partial charge in [0, 0.05) is 32.2 Å². The number of nitrogens with zero attached hydrogens (tertiary/aromatic N) is 1. The molecule has 0 atom stereocenters. The Kier molecular flexibility index (Phi) is 7.77. The van der Waals surface area contributed by atoms with Crippen LogP contribution in [0.5, 0.6) is 0 Å². The quantitative estimate of drug-likeness (QED) is 0.153. The third-order valence-electron chi connectivity index (χ3n) is 12.1. The maximum Gasteiger partial charge on any atom is 0.0465 e. The first kappa shape index (κ1) is 33.6. The Labute approximate surface area is 337 Å². The largest absolute Gasteiger partial charge is 0.310 e. The summed E-state index contributed by atoms with van der Waals surface area (Å²) in [6.07, 6.45) is 0. The molecule has 0 saturated heterocycles. The summed E-state index contributed by atoms with van der Waals surface area (Å²) >= 11 is 1.84. The topological polar surface area (TPSA) is 3.24 Å². The van der Waals surface area contributed by atoms with E-state index in [1.54, 1.807) is 0 Å². The van der Waals surface area contributed by atoms with Crippen molar-refractivity contribution in [3.05, 3.63) is 211 Å². The van der Waals surface area contributed by atoms with Crippen LogP contribution < -0.4 is 4.90 Å². The molecule has 0 unspecified atom stereocenters. The van der Waals surface area contributed by atoms with Crippen molar-refractivity contribution < 1.29 is 0 Å². The lowest BCUT2D eigenvalue weighted by Crippen LogP contribution is -2.16. The second kappa shape index (κ2) is 13.2. The molecule has 0 bridgehead atoms. The Balaban J connectivity index is 1.03. The maximum absolute atomic E-state index is 2.42. The smallest absolute Gasteiger partial charge is 0.0465 e. The van der Waals surface area contributed by atoms with Crippen LogP contribution in [0.15, 0.2) is 200 Å². The van der Waals surface area contributed by atoms with Crippen LogP contribution >= 0.6 is 11.3 Å². The van der Waals surface area contributed by atoms with Gasteiger partial charge in [0.2, 0.25) is 0 Å². The van der Waals surface area contributed by atoms with Crippen LogP contribution in [0.4, 0.5) is 17.1 Å². The van der Waals surface area contributed by atoms with E-state index in [0.29, 0.717) is 0 Å². The summed E-state index contributed by atoms with van der Waals surface area (Å²) < 4.78 is 0. The molecule has 1 aliphatic rings. The molecular formula is C55H39NS. The van der Waals surface area contributed by atoms with Crippen molar-refractivity contribution >= 4 is 60.7 Å². The van der Waals surface area contributed by atoms with Crippen molar-refractivity contribution in [3.8, 4) is 43.1 Å². The highest BCUT2D eigenvalue weighted by molar-refractivity contribution is 7.18. The molecule has 1 nitrogen and oxygen atoms in total. The van der Waals surface area contributed by atoms with Crippen molar-refractivity contribution in [3.63, 3.8) is 0 Å². The number of hydrogen-bond donors (Lipinski definition) is 0. The number of fused-ring (bicyclic) bond motifs is 9. The van der Waals surface area contributed by atoms with Gasteiger partial charge in [0.05, 0.1) is 0 Å². The average Bonchev–Trinajstić information content (AvgIpc) is 3.86. The Morgan fingerprint density at radius 2 is 0.825 bits per heavy atom. The van der Waals surface area contributed by atoms with Gasteiger partial charge in [0.15, 0.2) is 0 Å². The predicted molar refractivity (Wildman–Crippen MR) is 245 cm³/mol. The summed E-state index contributed by atoms with van der Waals surface area (Å²) in [5, 5.41) is 7.76. The van der Waals surface area contributed by atoms with Crippen LogP contribution in [0.25, 0.3) is 75.5 Å². The van der Waals surface area contributed by atoms with Crippen molar-refractivity contribution in [1.29, 1.82) is 0 Å². The molecule has 57 heavy (non-hydrogen) atoms. The van der Waals surface area contributed by atoms with Gasteiger partial charge < -0.3 is 4.90 Å². The van der Waals surface area contributed by atoms with Gasteiger partial charge in [-0.05, 0) is 125 Å². The normalized spacial score (nSPS) is 12.9. The van der Waals surface area contributed by atoms with E-state index in [0.717, 1.165) is 17.1 Å². The van der Waals surface area contributed by atoms with E-state index in [9.17, 15) is 0 Å². The van der Waals surface area contributed by atoms with Gasteiger partial charge in [0.25, 0.3) is 0 Å². The number of rotatable bonds is 6. The summed E-state index contributed by atoms with van der Waals surface area (Å²) in [6.45, 7) is 4.72. The van der Waals surface area contributed by atoms with Gasteiger partial charge in [-0.15, -0.1) is 11.3 Å². The molecule has 0 spiro atoms. The molecule has 1 aromatic heterocycles. The average molecular weight is 746 g/mol. The van der Waals surface area contributed by atoms with E-state index in [4.69, 9.17) is 0 Å². The molecule has 2 heteroatoms. The highest BCUT2D eigenvalue weighted by Gasteiger charge is 2.35. The molecule has 0 N–H and O–H groups in total. The molecule has 9 aromatic carbocycles. The van der Waals surface area contributed by atoms with Crippen LogP contribution in [0.3, 0.4) is 0 Å². The Morgan fingerprint density at radius 3 is 1.49 bits per heavy atom. The third kappa shape index (κ3) is 5.44. The maximum atomic E-state index is 2.42. The van der Waals surface area contributed by atoms with Crippen molar-refractivity contribution in [2.24, 2.45) is 0 Å². The summed E-state index contributed by atoms with van der Waals surface area (Å²) in [5.41, 5.74) is 13.7. The fraction of sp³-hybridized carbons (Fsp3) is 0.0545. The second-order valence-corrected chi connectivity index (χ2v) is 16.8. The van der Waals surface area contributed by atoms with Gasteiger partial charge in [-0.1, -0.05) is 166 Å². The van der Waals surface area contributed by atoms with Crippen molar-refractivity contribution in [1.82, 2.24) is 0 Å². The van der Waals surface area contributed by atoms with E-state index in [2.05, 4.69) is 219 Å². The zero-order chi connectivity index (χ0) is 38.1. The fourth-order valence-electron chi connectivity index (χ4n) is 9.29.